The van der Waals surface area contributed by atoms with Crippen LogP contribution in [0.3, 0.4) is 0 Å². The van der Waals surface area contributed by atoms with E-state index in [0.717, 1.165) is 72.5 Å². The van der Waals surface area contributed by atoms with E-state index in [9.17, 15) is 5.11 Å². The third-order valence-corrected chi connectivity index (χ3v) is 13.1. The number of aromatic hydroxyl groups is 1. The first kappa shape index (κ1) is 40.1. The van der Waals surface area contributed by atoms with Gasteiger partial charge >= 0.3 is 0 Å². The molecule has 9 aromatic rings. The minimum absolute atomic E-state index is 0.156. The van der Waals surface area contributed by atoms with Crippen molar-refractivity contribution in [3.05, 3.63) is 192 Å². The highest BCUT2D eigenvalue weighted by Gasteiger charge is 2.37. The van der Waals surface area contributed by atoms with Crippen LogP contribution >= 0.6 is 0 Å². The Morgan fingerprint density at radius 1 is 0.508 bits per heavy atom. The maximum absolute atomic E-state index is 12.5. The molecule has 0 aliphatic heterocycles. The number of fused-ring (bicyclic) bond motifs is 4. The molecule has 0 fully saturated rings. The van der Waals surface area contributed by atoms with E-state index in [4.69, 9.17) is 9.97 Å². The highest BCUT2D eigenvalue weighted by molar-refractivity contribution is 5.99. The number of aromatic nitrogens is 3. The average molecular weight is 820 g/mol. The van der Waals surface area contributed by atoms with Crippen molar-refractivity contribution < 1.29 is 5.11 Å². The Morgan fingerprint density at radius 2 is 1.13 bits per heavy atom. The standard InChI is InChI=1S/C59H53N3O/c1-57(2,3)42-35-46(55(63)49(36-42)58(4,5)6)56-61-54-44(26-19-29-51(54)62(56)50-28-18-16-24-43(50)38-22-13-10-14-23-38)40-32-39(37-20-11-9-12-21-37)33-41(34-40)53-52-45-25-15-17-27-47(45)59(7,8)48(52)30-31-60-53/h9-36,63H,1-8H3. The molecule has 1 aliphatic rings. The summed E-state index contributed by atoms with van der Waals surface area (Å²) in [6, 6.07) is 58.4. The normalized spacial score (nSPS) is 13.3. The molecule has 2 heterocycles. The molecule has 63 heavy (non-hydrogen) atoms. The van der Waals surface area contributed by atoms with Gasteiger partial charge in [0.2, 0.25) is 0 Å². The molecule has 0 saturated carbocycles. The number of para-hydroxylation sites is 2. The number of phenolic OH excluding ortho intramolecular Hbond substituents is 1. The first-order chi connectivity index (χ1) is 30.2. The quantitative estimate of drug-likeness (QED) is 0.182. The lowest BCUT2D eigenvalue weighted by molar-refractivity contribution is 0.446. The lowest BCUT2D eigenvalue weighted by atomic mass is 9.79. The second kappa shape index (κ2) is 14.8. The molecular formula is C59H53N3O. The van der Waals surface area contributed by atoms with Gasteiger partial charge in [0.05, 0.1) is 28.0 Å². The lowest BCUT2D eigenvalue weighted by Crippen LogP contribution is -2.17. The molecule has 0 saturated heterocycles. The van der Waals surface area contributed by atoms with Gasteiger partial charge in [0.15, 0.2) is 0 Å². The number of rotatable bonds is 6. The minimum atomic E-state index is -0.320. The van der Waals surface area contributed by atoms with E-state index < -0.39 is 0 Å². The Kier molecular flexibility index (Phi) is 9.41. The molecule has 4 nitrogen and oxygen atoms in total. The van der Waals surface area contributed by atoms with Gasteiger partial charge in [-0.3, -0.25) is 9.55 Å². The Morgan fingerprint density at radius 3 is 1.84 bits per heavy atom. The fourth-order valence-corrected chi connectivity index (χ4v) is 9.68. The van der Waals surface area contributed by atoms with Gasteiger partial charge in [-0.15, -0.1) is 0 Å². The summed E-state index contributed by atoms with van der Waals surface area (Å²) >= 11 is 0. The molecule has 0 amide bonds. The fraction of sp³-hybridized carbons (Fsp3) is 0.186. The molecule has 0 spiro atoms. The summed E-state index contributed by atoms with van der Waals surface area (Å²) in [5, 5.41) is 12.5. The van der Waals surface area contributed by atoms with E-state index in [2.05, 4.69) is 224 Å². The van der Waals surface area contributed by atoms with Crippen molar-refractivity contribution in [2.24, 2.45) is 0 Å². The number of hydrogen-bond donors (Lipinski definition) is 1. The van der Waals surface area contributed by atoms with E-state index in [1.807, 2.05) is 6.20 Å². The number of pyridine rings is 1. The van der Waals surface area contributed by atoms with E-state index in [-0.39, 0.29) is 22.0 Å². The maximum atomic E-state index is 12.5. The van der Waals surface area contributed by atoms with Crippen molar-refractivity contribution in [1.82, 2.24) is 14.5 Å². The molecule has 4 heteroatoms. The largest absolute Gasteiger partial charge is 0.507 e. The van der Waals surface area contributed by atoms with Gasteiger partial charge in [-0.05, 0) is 97.8 Å². The lowest BCUT2D eigenvalue weighted by Gasteiger charge is -2.27. The van der Waals surface area contributed by atoms with E-state index in [1.54, 1.807) is 0 Å². The summed E-state index contributed by atoms with van der Waals surface area (Å²) in [5.41, 5.74) is 18.4. The van der Waals surface area contributed by atoms with Crippen LogP contribution < -0.4 is 0 Å². The van der Waals surface area contributed by atoms with Crippen LogP contribution in [0.5, 0.6) is 5.75 Å². The van der Waals surface area contributed by atoms with Crippen LogP contribution in [-0.2, 0) is 16.2 Å². The van der Waals surface area contributed by atoms with Crippen LogP contribution in [-0.4, -0.2) is 19.6 Å². The molecule has 0 atom stereocenters. The minimum Gasteiger partial charge on any atom is -0.507 e. The maximum Gasteiger partial charge on any atom is 0.149 e. The molecule has 0 bridgehead atoms. The summed E-state index contributed by atoms with van der Waals surface area (Å²) in [7, 11) is 0. The Balaban J connectivity index is 1.29. The number of benzene rings is 7. The zero-order valence-electron chi connectivity index (χ0n) is 37.5. The van der Waals surface area contributed by atoms with Crippen LogP contribution in [0, 0.1) is 0 Å². The number of nitrogens with zero attached hydrogens (tertiary/aromatic N) is 3. The first-order valence-corrected chi connectivity index (χ1v) is 22.1. The number of phenols is 1. The average Bonchev–Trinajstić information content (AvgIpc) is 3.78. The summed E-state index contributed by atoms with van der Waals surface area (Å²) in [6.07, 6.45) is 1.97. The molecule has 0 unspecified atom stereocenters. The number of imidazole rings is 1. The highest BCUT2D eigenvalue weighted by Crippen LogP contribution is 2.52. The second-order valence-corrected chi connectivity index (χ2v) is 19.7. The molecular weight excluding hydrogens is 767 g/mol. The van der Waals surface area contributed by atoms with E-state index in [1.165, 1.54) is 22.3 Å². The van der Waals surface area contributed by atoms with Crippen molar-refractivity contribution in [2.75, 3.05) is 0 Å². The topological polar surface area (TPSA) is 50.9 Å². The van der Waals surface area contributed by atoms with E-state index in [0.29, 0.717) is 11.4 Å². The zero-order valence-corrected chi connectivity index (χ0v) is 37.5. The zero-order chi connectivity index (χ0) is 43.8. The predicted octanol–water partition coefficient (Wildman–Crippen LogP) is 15.4. The molecule has 1 N–H and O–H groups in total. The number of hydrogen-bond acceptors (Lipinski definition) is 3. The van der Waals surface area contributed by atoms with Gasteiger partial charge in [-0.2, -0.15) is 0 Å². The van der Waals surface area contributed by atoms with Crippen LogP contribution in [0.2, 0.25) is 0 Å². The van der Waals surface area contributed by atoms with Crippen molar-refractivity contribution in [2.45, 2.75) is 71.6 Å². The SMILES string of the molecule is CC(C)(C)c1cc(-c2nc3c(-c4cc(-c5ccccc5)cc(-c5nccc6c5-c5ccccc5C6(C)C)c4)cccc3n2-c2ccccc2-c2ccccc2)c(O)c(C(C)(C)C)c1. The predicted molar refractivity (Wildman–Crippen MR) is 263 cm³/mol. The Hall–Kier alpha value is -7.04. The Labute approximate surface area is 371 Å². The van der Waals surface area contributed by atoms with Crippen molar-refractivity contribution in [3.8, 4) is 78.6 Å². The summed E-state index contributed by atoms with van der Waals surface area (Å²) in [6.45, 7) is 17.8. The third kappa shape index (κ3) is 6.76. The van der Waals surface area contributed by atoms with Gasteiger partial charge < -0.3 is 5.11 Å². The molecule has 1 aliphatic carbocycles. The van der Waals surface area contributed by atoms with E-state index >= 15 is 0 Å². The summed E-state index contributed by atoms with van der Waals surface area (Å²) < 4.78 is 2.27. The van der Waals surface area contributed by atoms with Crippen molar-refractivity contribution in [3.63, 3.8) is 0 Å². The van der Waals surface area contributed by atoms with Gasteiger partial charge in [-0.1, -0.05) is 177 Å². The van der Waals surface area contributed by atoms with Gasteiger partial charge in [0.25, 0.3) is 0 Å². The van der Waals surface area contributed by atoms with Crippen molar-refractivity contribution in [1.29, 1.82) is 0 Å². The van der Waals surface area contributed by atoms with Crippen molar-refractivity contribution >= 4 is 11.0 Å². The van der Waals surface area contributed by atoms with Crippen LogP contribution in [0.1, 0.15) is 77.6 Å². The first-order valence-electron chi connectivity index (χ1n) is 22.1. The van der Waals surface area contributed by atoms with Gasteiger partial charge in [0.1, 0.15) is 11.6 Å². The van der Waals surface area contributed by atoms with Gasteiger partial charge in [-0.25, -0.2) is 4.98 Å². The Bertz CT molecular complexity index is 3210. The van der Waals surface area contributed by atoms with Gasteiger partial charge in [0, 0.05) is 39.4 Å². The smallest absolute Gasteiger partial charge is 0.149 e. The fourth-order valence-electron chi connectivity index (χ4n) is 9.68. The molecule has 310 valence electrons. The molecule has 0 radical (unpaired) electrons. The third-order valence-electron chi connectivity index (χ3n) is 13.1. The monoisotopic (exact) mass is 819 g/mol. The molecule has 2 aromatic heterocycles. The van der Waals surface area contributed by atoms with Crippen LogP contribution in [0.25, 0.3) is 83.9 Å². The summed E-state index contributed by atoms with van der Waals surface area (Å²) in [5.74, 6) is 0.946. The summed E-state index contributed by atoms with van der Waals surface area (Å²) in [4.78, 5) is 10.8. The molecule has 7 aromatic carbocycles. The molecule has 10 rings (SSSR count). The second-order valence-electron chi connectivity index (χ2n) is 19.7. The highest BCUT2D eigenvalue weighted by atomic mass is 16.3. The van der Waals surface area contributed by atoms with Crippen LogP contribution in [0.15, 0.2) is 170 Å². The van der Waals surface area contributed by atoms with Crippen LogP contribution in [0.4, 0.5) is 0 Å².